The Morgan fingerprint density at radius 2 is 2.30 bits per heavy atom. The van der Waals surface area contributed by atoms with Gasteiger partial charge >= 0.3 is 0 Å². The van der Waals surface area contributed by atoms with Crippen molar-refractivity contribution in [2.45, 2.75) is 17.8 Å². The van der Waals surface area contributed by atoms with E-state index in [0.29, 0.717) is 11.4 Å². The summed E-state index contributed by atoms with van der Waals surface area (Å²) in [6.07, 6.45) is 1.59. The van der Waals surface area contributed by atoms with Crippen molar-refractivity contribution in [2.75, 3.05) is 25.6 Å². The first-order valence-corrected chi connectivity index (χ1v) is 4.82. The van der Waals surface area contributed by atoms with Crippen LogP contribution in [0.1, 0.15) is 6.42 Å². The van der Waals surface area contributed by atoms with Crippen LogP contribution in [-0.2, 0) is 9.47 Å². The van der Waals surface area contributed by atoms with Gasteiger partial charge in [0.15, 0.2) is 0 Å². The van der Waals surface area contributed by atoms with Gasteiger partial charge in [-0.05, 0) is 6.42 Å². The molecule has 58 valence electrons. The van der Waals surface area contributed by atoms with Crippen LogP contribution >= 0.6 is 11.8 Å². The zero-order chi connectivity index (χ0) is 6.81. The lowest BCUT2D eigenvalue weighted by molar-refractivity contribution is -0.0265. The largest absolute Gasteiger partial charge is 0.380 e. The molecular weight excluding hydrogens is 148 g/mol. The molecule has 2 aliphatic rings. The Morgan fingerprint density at radius 3 is 3.20 bits per heavy atom. The summed E-state index contributed by atoms with van der Waals surface area (Å²) in [7, 11) is 0. The highest BCUT2D eigenvalue weighted by atomic mass is 32.2. The number of hydrogen-bond donors (Lipinski definition) is 0. The molecule has 2 heterocycles. The van der Waals surface area contributed by atoms with Gasteiger partial charge in [0.2, 0.25) is 0 Å². The van der Waals surface area contributed by atoms with E-state index in [2.05, 4.69) is 0 Å². The number of thioether (sulfide) groups is 1. The predicted octanol–water partition coefficient (Wildman–Crippen LogP) is 0.907. The van der Waals surface area contributed by atoms with Gasteiger partial charge in [-0.3, -0.25) is 0 Å². The molecular formula is C7H12O2S. The van der Waals surface area contributed by atoms with Gasteiger partial charge in [0, 0.05) is 12.4 Å². The van der Waals surface area contributed by atoms with Crippen LogP contribution in [-0.4, -0.2) is 36.9 Å². The molecule has 0 aromatic rings. The van der Waals surface area contributed by atoms with Crippen molar-refractivity contribution in [1.29, 1.82) is 0 Å². The highest BCUT2D eigenvalue weighted by Crippen LogP contribution is 2.27. The molecule has 0 aliphatic carbocycles. The third-order valence-corrected chi connectivity index (χ3v) is 3.26. The first-order chi connectivity index (χ1) is 4.97. The summed E-state index contributed by atoms with van der Waals surface area (Å²) < 4.78 is 10.9. The number of rotatable bonds is 0. The summed E-state index contributed by atoms with van der Waals surface area (Å²) in [4.78, 5) is 0. The molecule has 0 amide bonds. The van der Waals surface area contributed by atoms with Crippen LogP contribution < -0.4 is 0 Å². The maximum Gasteiger partial charge on any atom is 0.0738 e. The summed E-state index contributed by atoms with van der Waals surface area (Å²) in [5.74, 6) is 1.14. The van der Waals surface area contributed by atoms with E-state index in [1.807, 2.05) is 11.8 Å². The topological polar surface area (TPSA) is 18.5 Å². The minimum absolute atomic E-state index is 0.493. The highest BCUT2D eigenvalue weighted by molar-refractivity contribution is 8.00. The van der Waals surface area contributed by atoms with Gasteiger partial charge in [0.05, 0.1) is 24.6 Å². The average molecular weight is 160 g/mol. The molecule has 2 saturated heterocycles. The average Bonchev–Trinajstić information content (AvgIpc) is 2.05. The van der Waals surface area contributed by atoms with Crippen LogP contribution in [0.2, 0.25) is 0 Å². The van der Waals surface area contributed by atoms with E-state index in [-0.39, 0.29) is 0 Å². The van der Waals surface area contributed by atoms with Gasteiger partial charge in [-0.25, -0.2) is 0 Å². The van der Waals surface area contributed by atoms with E-state index in [1.54, 1.807) is 0 Å². The van der Waals surface area contributed by atoms with Gasteiger partial charge in [0.1, 0.15) is 0 Å². The van der Waals surface area contributed by atoms with Crippen molar-refractivity contribution >= 4 is 11.8 Å². The summed E-state index contributed by atoms with van der Waals surface area (Å²) in [6.45, 7) is 2.73. The lowest BCUT2D eigenvalue weighted by atomic mass is 10.1. The van der Waals surface area contributed by atoms with E-state index in [9.17, 15) is 0 Å². The highest BCUT2D eigenvalue weighted by Gasteiger charge is 2.29. The molecule has 2 nitrogen and oxygen atoms in total. The van der Waals surface area contributed by atoms with E-state index in [0.717, 1.165) is 32.0 Å². The van der Waals surface area contributed by atoms with Crippen molar-refractivity contribution < 1.29 is 9.47 Å². The zero-order valence-corrected chi connectivity index (χ0v) is 6.73. The SMILES string of the molecule is C1CC2OCCSC2CO1. The lowest BCUT2D eigenvalue weighted by Gasteiger charge is -2.34. The maximum atomic E-state index is 5.58. The Hall–Kier alpha value is 0.270. The van der Waals surface area contributed by atoms with Crippen LogP contribution in [0, 0.1) is 0 Å². The zero-order valence-electron chi connectivity index (χ0n) is 5.91. The lowest BCUT2D eigenvalue weighted by Crippen LogP contribution is -2.40. The third-order valence-electron chi connectivity index (χ3n) is 1.99. The Labute approximate surface area is 65.3 Å². The van der Waals surface area contributed by atoms with E-state index >= 15 is 0 Å². The second-order valence-electron chi connectivity index (χ2n) is 2.68. The van der Waals surface area contributed by atoms with Crippen LogP contribution in [0.5, 0.6) is 0 Å². The fraction of sp³-hybridized carbons (Fsp3) is 1.00. The molecule has 0 aromatic carbocycles. The molecule has 0 aromatic heterocycles. The molecule has 10 heavy (non-hydrogen) atoms. The van der Waals surface area contributed by atoms with Crippen molar-refractivity contribution in [1.82, 2.24) is 0 Å². The Morgan fingerprint density at radius 1 is 1.30 bits per heavy atom. The summed E-state index contributed by atoms with van der Waals surface area (Å²) in [6, 6.07) is 0. The summed E-state index contributed by atoms with van der Waals surface area (Å²) >= 11 is 2.00. The second-order valence-corrected chi connectivity index (χ2v) is 4.03. The molecule has 2 aliphatic heterocycles. The third kappa shape index (κ3) is 1.31. The summed E-state index contributed by atoms with van der Waals surface area (Å²) in [5.41, 5.74) is 0. The van der Waals surface area contributed by atoms with Crippen LogP contribution in [0.25, 0.3) is 0 Å². The molecule has 2 fully saturated rings. The predicted molar refractivity (Wildman–Crippen MR) is 41.4 cm³/mol. The number of fused-ring (bicyclic) bond motifs is 1. The normalized spacial score (nSPS) is 40.8. The van der Waals surface area contributed by atoms with Crippen molar-refractivity contribution in [3.63, 3.8) is 0 Å². The van der Waals surface area contributed by atoms with Crippen molar-refractivity contribution in [2.24, 2.45) is 0 Å². The monoisotopic (exact) mass is 160 g/mol. The van der Waals surface area contributed by atoms with Crippen molar-refractivity contribution in [3.05, 3.63) is 0 Å². The van der Waals surface area contributed by atoms with Gasteiger partial charge in [0.25, 0.3) is 0 Å². The van der Waals surface area contributed by atoms with Gasteiger partial charge in [-0.1, -0.05) is 0 Å². The van der Waals surface area contributed by atoms with Crippen LogP contribution in [0.4, 0.5) is 0 Å². The Bertz CT molecular complexity index is 92.2. The standard InChI is InChI=1S/C7H12O2S/c1-2-8-5-7-6(1)9-3-4-10-7/h6-7H,1-5H2. The summed E-state index contributed by atoms with van der Waals surface area (Å²) in [5, 5.41) is 0.627. The quantitative estimate of drug-likeness (QED) is 0.524. The van der Waals surface area contributed by atoms with E-state index < -0.39 is 0 Å². The fourth-order valence-electron chi connectivity index (χ4n) is 1.44. The number of hydrogen-bond acceptors (Lipinski definition) is 3. The molecule has 2 unspecified atom stereocenters. The maximum absolute atomic E-state index is 5.58. The molecule has 2 atom stereocenters. The molecule has 0 saturated carbocycles. The Balaban J connectivity index is 1.93. The molecule has 2 rings (SSSR count). The second kappa shape index (κ2) is 3.11. The van der Waals surface area contributed by atoms with Gasteiger partial charge in [-0.15, -0.1) is 0 Å². The minimum atomic E-state index is 0.493. The molecule has 0 N–H and O–H groups in total. The van der Waals surface area contributed by atoms with Crippen LogP contribution in [0.15, 0.2) is 0 Å². The minimum Gasteiger partial charge on any atom is -0.380 e. The first-order valence-electron chi connectivity index (χ1n) is 3.78. The molecule has 0 radical (unpaired) electrons. The van der Waals surface area contributed by atoms with E-state index in [1.165, 1.54) is 0 Å². The number of ether oxygens (including phenoxy) is 2. The first kappa shape index (κ1) is 6.95. The fourth-order valence-corrected chi connectivity index (χ4v) is 2.55. The molecule has 0 spiro atoms. The smallest absolute Gasteiger partial charge is 0.0738 e. The van der Waals surface area contributed by atoms with Crippen molar-refractivity contribution in [3.8, 4) is 0 Å². The van der Waals surface area contributed by atoms with E-state index in [4.69, 9.17) is 9.47 Å². The van der Waals surface area contributed by atoms with Gasteiger partial charge in [-0.2, -0.15) is 11.8 Å². The Kier molecular flexibility index (Phi) is 2.16. The van der Waals surface area contributed by atoms with Gasteiger partial charge < -0.3 is 9.47 Å². The van der Waals surface area contributed by atoms with Crippen LogP contribution in [0.3, 0.4) is 0 Å². The molecule has 0 bridgehead atoms. The molecule has 3 heteroatoms.